The Kier molecular flexibility index (Phi) is 4.08. The van der Waals surface area contributed by atoms with Crippen LogP contribution in [0.2, 0.25) is 0 Å². The third kappa shape index (κ3) is 2.96. The van der Waals surface area contributed by atoms with Gasteiger partial charge in [0.05, 0.1) is 0 Å². The molecule has 6 nitrogen and oxygen atoms in total. The zero-order valence-electron chi connectivity index (χ0n) is 9.52. The number of alkyl halides is 3. The molecule has 1 rings (SSSR count). The van der Waals surface area contributed by atoms with E-state index in [0.29, 0.717) is 6.08 Å². The van der Waals surface area contributed by atoms with Crippen molar-refractivity contribution in [2.45, 2.75) is 17.8 Å². The molecule has 0 fully saturated rings. The minimum Gasteiger partial charge on any atom is -0.294 e. The molecule has 2 unspecified atom stereocenters. The number of hydrazine groups is 1. The number of amides is 1. The highest BCUT2D eigenvalue weighted by Gasteiger charge is 2.61. The van der Waals surface area contributed by atoms with Crippen molar-refractivity contribution in [3.8, 4) is 0 Å². The Balaban J connectivity index is 3.41. The van der Waals surface area contributed by atoms with Gasteiger partial charge in [-0.3, -0.25) is 10.2 Å². The molecule has 2 atom stereocenters. The molecule has 0 heterocycles. The summed E-state index contributed by atoms with van der Waals surface area (Å²) in [6.45, 7) is 0. The van der Waals surface area contributed by atoms with Crippen molar-refractivity contribution in [2.24, 2.45) is 16.4 Å². The molecule has 0 spiro atoms. The number of carbonyl (C=O) groups excluding carboxylic acids is 1. The zero-order chi connectivity index (χ0) is 14.9. The molecule has 108 valence electrons. The van der Waals surface area contributed by atoms with Crippen molar-refractivity contribution >= 4 is 15.9 Å². The van der Waals surface area contributed by atoms with Gasteiger partial charge in [0.2, 0.25) is 15.9 Å². The normalized spacial score (nSPS) is 27.3. The number of sulfonamides is 1. The minimum absolute atomic E-state index is 0.608. The Morgan fingerprint density at radius 2 is 1.95 bits per heavy atom. The third-order valence-corrected chi connectivity index (χ3v) is 4.08. The summed E-state index contributed by atoms with van der Waals surface area (Å²) in [6.07, 6.45) is -2.62. The number of carbonyl (C=O) groups is 1. The maximum Gasteiger partial charge on any atom is 0.399 e. The Labute approximate surface area is 107 Å². The Morgan fingerprint density at radius 3 is 2.37 bits per heavy atom. The van der Waals surface area contributed by atoms with E-state index < -0.39 is 39.2 Å². The maximum atomic E-state index is 13.2. The average molecular weight is 299 g/mol. The van der Waals surface area contributed by atoms with Gasteiger partial charge in [-0.15, -0.1) is 0 Å². The molecule has 1 aliphatic carbocycles. The molecule has 0 saturated carbocycles. The highest BCUT2D eigenvalue weighted by molar-refractivity contribution is 7.90. The van der Waals surface area contributed by atoms with Crippen molar-refractivity contribution in [1.82, 2.24) is 5.43 Å². The standard InChI is InChI=1S/C9H12F3N3O3S/c10-9(11,12)8(5-7(16)15-13)4-2-1-3-6(8)19(14,17)18/h1-4,6H,5,13H2,(H,15,16)(H2,14,17,18). The van der Waals surface area contributed by atoms with Crippen LogP contribution in [0.1, 0.15) is 6.42 Å². The van der Waals surface area contributed by atoms with Crippen LogP contribution in [0.25, 0.3) is 0 Å². The van der Waals surface area contributed by atoms with Gasteiger partial charge in [-0.1, -0.05) is 24.3 Å². The second-order valence-electron chi connectivity index (χ2n) is 4.04. The van der Waals surface area contributed by atoms with Gasteiger partial charge in [-0.2, -0.15) is 13.2 Å². The summed E-state index contributed by atoms with van der Waals surface area (Å²) in [7, 11) is -4.55. The first-order chi connectivity index (χ1) is 8.54. The lowest BCUT2D eigenvalue weighted by atomic mass is 9.77. The second kappa shape index (κ2) is 4.94. The number of nitrogens with two attached hydrogens (primary N) is 2. The average Bonchev–Trinajstić information content (AvgIpc) is 2.26. The molecule has 0 aromatic carbocycles. The van der Waals surface area contributed by atoms with E-state index in [2.05, 4.69) is 0 Å². The van der Waals surface area contributed by atoms with E-state index in [4.69, 9.17) is 11.0 Å². The molecule has 1 amide bonds. The summed E-state index contributed by atoms with van der Waals surface area (Å²) in [6, 6.07) is 0. The summed E-state index contributed by atoms with van der Waals surface area (Å²) in [5.41, 5.74) is -1.38. The van der Waals surface area contributed by atoms with Crippen LogP contribution in [0, 0.1) is 5.41 Å². The van der Waals surface area contributed by atoms with E-state index in [9.17, 15) is 26.4 Å². The first-order valence-corrected chi connectivity index (χ1v) is 6.59. The Hall–Kier alpha value is -1.39. The van der Waals surface area contributed by atoms with Crippen LogP contribution in [0.5, 0.6) is 0 Å². The molecule has 10 heteroatoms. The molecule has 19 heavy (non-hydrogen) atoms. The third-order valence-electron chi connectivity index (χ3n) is 2.79. The van der Waals surface area contributed by atoms with Crippen LogP contribution >= 0.6 is 0 Å². The fourth-order valence-corrected chi connectivity index (χ4v) is 3.09. The van der Waals surface area contributed by atoms with E-state index in [1.807, 2.05) is 0 Å². The molecule has 0 aromatic rings. The van der Waals surface area contributed by atoms with Crippen LogP contribution in [0.3, 0.4) is 0 Å². The van der Waals surface area contributed by atoms with Gasteiger partial charge in [-0.25, -0.2) is 19.4 Å². The van der Waals surface area contributed by atoms with E-state index in [1.165, 1.54) is 0 Å². The quantitative estimate of drug-likeness (QED) is 0.377. The summed E-state index contributed by atoms with van der Waals surface area (Å²) in [4.78, 5) is 11.2. The predicted octanol–water partition coefficient (Wildman–Crippen LogP) is -0.302. The highest BCUT2D eigenvalue weighted by atomic mass is 32.2. The Morgan fingerprint density at radius 1 is 1.37 bits per heavy atom. The van der Waals surface area contributed by atoms with Crippen LogP contribution in [-0.4, -0.2) is 25.8 Å². The number of halogens is 3. The van der Waals surface area contributed by atoms with Gasteiger partial charge in [-0.05, 0) is 0 Å². The molecule has 1 aliphatic rings. The number of hydrogen-bond acceptors (Lipinski definition) is 4. The lowest BCUT2D eigenvalue weighted by Crippen LogP contribution is -2.54. The van der Waals surface area contributed by atoms with Crippen LogP contribution in [-0.2, 0) is 14.8 Å². The van der Waals surface area contributed by atoms with Gasteiger partial charge in [0, 0.05) is 6.42 Å². The number of hydrogen-bond donors (Lipinski definition) is 3. The van der Waals surface area contributed by atoms with E-state index in [1.54, 1.807) is 5.43 Å². The molecule has 0 radical (unpaired) electrons. The zero-order valence-corrected chi connectivity index (χ0v) is 10.3. The fraction of sp³-hybridized carbons (Fsp3) is 0.444. The first-order valence-electron chi connectivity index (χ1n) is 4.98. The van der Waals surface area contributed by atoms with Crippen LogP contribution < -0.4 is 16.4 Å². The largest absolute Gasteiger partial charge is 0.399 e. The van der Waals surface area contributed by atoms with Crippen LogP contribution in [0.4, 0.5) is 13.2 Å². The number of nitrogens with one attached hydrogen (secondary N) is 1. The number of allylic oxidation sites excluding steroid dienone is 3. The molecule has 5 N–H and O–H groups in total. The summed E-state index contributed by atoms with van der Waals surface area (Å²) in [5, 5.41) is 2.74. The van der Waals surface area contributed by atoms with Crippen molar-refractivity contribution < 1.29 is 26.4 Å². The Bertz CT molecular complexity index is 527. The molecule has 0 bridgehead atoms. The van der Waals surface area contributed by atoms with E-state index >= 15 is 0 Å². The minimum atomic E-state index is -4.99. The van der Waals surface area contributed by atoms with Crippen molar-refractivity contribution in [3.05, 3.63) is 24.3 Å². The van der Waals surface area contributed by atoms with Crippen molar-refractivity contribution in [1.29, 1.82) is 0 Å². The lowest BCUT2D eigenvalue weighted by Gasteiger charge is -2.38. The van der Waals surface area contributed by atoms with Gasteiger partial charge in [0.1, 0.15) is 10.7 Å². The maximum absolute atomic E-state index is 13.2. The van der Waals surface area contributed by atoms with Gasteiger partial charge < -0.3 is 0 Å². The number of primary sulfonamides is 1. The highest BCUT2D eigenvalue weighted by Crippen LogP contribution is 2.48. The SMILES string of the molecule is NNC(=O)CC1(C(F)(F)F)C=CC=CC1S(N)(=O)=O. The van der Waals surface area contributed by atoms with Crippen molar-refractivity contribution in [3.63, 3.8) is 0 Å². The topological polar surface area (TPSA) is 115 Å². The molecule has 0 aromatic heterocycles. The summed E-state index contributed by atoms with van der Waals surface area (Å²) < 4.78 is 62.4. The van der Waals surface area contributed by atoms with Crippen LogP contribution in [0.15, 0.2) is 24.3 Å². The molecule has 0 aliphatic heterocycles. The lowest BCUT2D eigenvalue weighted by molar-refractivity contribution is -0.206. The van der Waals surface area contributed by atoms with E-state index in [-0.39, 0.29) is 0 Å². The summed E-state index contributed by atoms with van der Waals surface area (Å²) in [5.74, 6) is 3.61. The monoisotopic (exact) mass is 299 g/mol. The van der Waals surface area contributed by atoms with E-state index in [0.717, 1.165) is 18.2 Å². The van der Waals surface area contributed by atoms with Gasteiger partial charge >= 0.3 is 6.18 Å². The van der Waals surface area contributed by atoms with Gasteiger partial charge in [0.15, 0.2) is 0 Å². The number of rotatable bonds is 3. The predicted molar refractivity (Wildman–Crippen MR) is 60.6 cm³/mol. The fourth-order valence-electron chi connectivity index (χ4n) is 1.89. The molecule has 0 saturated heterocycles. The smallest absolute Gasteiger partial charge is 0.294 e. The summed E-state index contributed by atoms with van der Waals surface area (Å²) >= 11 is 0. The second-order valence-corrected chi connectivity index (χ2v) is 5.72. The first kappa shape index (κ1) is 15.7. The van der Waals surface area contributed by atoms with Gasteiger partial charge in [0.25, 0.3) is 0 Å². The molecular weight excluding hydrogens is 287 g/mol. The molecular formula is C9H12F3N3O3S. The van der Waals surface area contributed by atoms with Crippen molar-refractivity contribution in [2.75, 3.05) is 0 Å².